The number of nitrogens with zero attached hydrogens (tertiary/aromatic N) is 3. The minimum absolute atomic E-state index is 0.0358. The van der Waals surface area contributed by atoms with Gasteiger partial charge in [-0.25, -0.2) is 4.98 Å². The molecule has 7 heteroatoms. The molecule has 19 heavy (non-hydrogen) atoms. The number of nitrogens with one attached hydrogen (secondary N) is 2. The Morgan fingerprint density at radius 3 is 3.21 bits per heavy atom. The first-order valence-electron chi connectivity index (χ1n) is 5.89. The van der Waals surface area contributed by atoms with E-state index in [0.29, 0.717) is 13.0 Å². The van der Waals surface area contributed by atoms with Crippen LogP contribution < -0.4 is 5.32 Å². The number of rotatable bonds is 4. The van der Waals surface area contributed by atoms with Gasteiger partial charge in [0.25, 0.3) is 0 Å². The first-order valence-corrected chi connectivity index (χ1v) is 6.77. The van der Waals surface area contributed by atoms with Gasteiger partial charge in [-0.2, -0.15) is 5.10 Å². The third kappa shape index (κ3) is 2.50. The van der Waals surface area contributed by atoms with Gasteiger partial charge in [-0.15, -0.1) is 11.3 Å². The number of fused-ring (bicyclic) bond motifs is 1. The minimum atomic E-state index is -0.0358. The number of thiazole rings is 1. The smallest absolute Gasteiger partial charge is 0.226 e. The normalized spacial score (nSPS) is 11.0. The molecule has 3 aromatic heterocycles. The quantitative estimate of drug-likeness (QED) is 0.753. The molecule has 2 N–H and O–H groups in total. The summed E-state index contributed by atoms with van der Waals surface area (Å²) in [5, 5.41) is 11.6. The van der Waals surface area contributed by atoms with Gasteiger partial charge in [-0.05, 0) is 6.92 Å². The van der Waals surface area contributed by atoms with E-state index in [0.717, 1.165) is 21.9 Å². The number of aryl methyl sites for hydroxylation is 1. The molecule has 0 atom stereocenters. The van der Waals surface area contributed by atoms with Crippen LogP contribution in [0.4, 0.5) is 0 Å². The third-order valence-electron chi connectivity index (χ3n) is 2.90. The highest BCUT2D eigenvalue weighted by Gasteiger charge is 2.09. The Kier molecular flexibility index (Phi) is 3.04. The van der Waals surface area contributed by atoms with Crippen molar-refractivity contribution in [1.82, 2.24) is 24.9 Å². The van der Waals surface area contributed by atoms with Crippen LogP contribution in [-0.2, 0) is 17.8 Å². The predicted molar refractivity (Wildman–Crippen MR) is 71.9 cm³/mol. The van der Waals surface area contributed by atoms with E-state index in [1.807, 2.05) is 29.1 Å². The lowest BCUT2D eigenvalue weighted by atomic mass is 10.2. The Hall–Kier alpha value is -2.15. The fraction of sp³-hybridized carbons (Fsp3) is 0.250. The Labute approximate surface area is 113 Å². The third-order valence-corrected chi connectivity index (χ3v) is 3.67. The lowest BCUT2D eigenvalue weighted by molar-refractivity contribution is -0.120. The van der Waals surface area contributed by atoms with Gasteiger partial charge in [0.05, 0.1) is 18.3 Å². The molecular weight excluding hydrogens is 262 g/mol. The SMILES string of the molecule is Cc1[nH]ncc1CNC(=O)Cc1cn2ccsc2n1. The Morgan fingerprint density at radius 2 is 2.47 bits per heavy atom. The second-order valence-corrected chi connectivity index (χ2v) is 5.17. The molecule has 0 fully saturated rings. The van der Waals surface area contributed by atoms with Gasteiger partial charge < -0.3 is 5.32 Å². The largest absolute Gasteiger partial charge is 0.352 e. The van der Waals surface area contributed by atoms with Crippen molar-refractivity contribution in [2.24, 2.45) is 0 Å². The minimum Gasteiger partial charge on any atom is -0.352 e. The molecule has 98 valence electrons. The number of aromatic nitrogens is 4. The summed E-state index contributed by atoms with van der Waals surface area (Å²) in [5.41, 5.74) is 2.76. The van der Waals surface area contributed by atoms with Gasteiger partial charge >= 0.3 is 0 Å². The molecule has 3 aromatic rings. The van der Waals surface area contributed by atoms with Gasteiger partial charge in [0, 0.05) is 35.6 Å². The van der Waals surface area contributed by atoms with E-state index in [4.69, 9.17) is 0 Å². The number of carbonyl (C=O) groups excluding carboxylic acids is 1. The fourth-order valence-electron chi connectivity index (χ4n) is 1.84. The molecule has 0 saturated carbocycles. The van der Waals surface area contributed by atoms with Crippen LogP contribution >= 0.6 is 11.3 Å². The monoisotopic (exact) mass is 275 g/mol. The lowest BCUT2D eigenvalue weighted by Crippen LogP contribution is -2.24. The summed E-state index contributed by atoms with van der Waals surface area (Å²) in [6.45, 7) is 2.42. The van der Waals surface area contributed by atoms with E-state index >= 15 is 0 Å². The Morgan fingerprint density at radius 1 is 1.58 bits per heavy atom. The second-order valence-electron chi connectivity index (χ2n) is 4.30. The van der Waals surface area contributed by atoms with Crippen molar-refractivity contribution in [3.8, 4) is 0 Å². The van der Waals surface area contributed by atoms with Crippen molar-refractivity contribution in [3.05, 3.63) is 40.9 Å². The van der Waals surface area contributed by atoms with Crippen LogP contribution in [0, 0.1) is 6.92 Å². The number of hydrogen-bond acceptors (Lipinski definition) is 4. The van der Waals surface area contributed by atoms with Crippen LogP contribution in [0.3, 0.4) is 0 Å². The average molecular weight is 275 g/mol. The molecule has 0 aliphatic rings. The van der Waals surface area contributed by atoms with E-state index < -0.39 is 0 Å². The zero-order chi connectivity index (χ0) is 13.2. The highest BCUT2D eigenvalue weighted by molar-refractivity contribution is 7.15. The van der Waals surface area contributed by atoms with E-state index in [9.17, 15) is 4.79 Å². The Balaban J connectivity index is 1.59. The summed E-state index contributed by atoms with van der Waals surface area (Å²) in [7, 11) is 0. The number of imidazole rings is 1. The maximum absolute atomic E-state index is 11.8. The molecule has 0 aliphatic heterocycles. The highest BCUT2D eigenvalue weighted by Crippen LogP contribution is 2.11. The van der Waals surface area contributed by atoms with Crippen molar-refractivity contribution in [2.45, 2.75) is 19.9 Å². The van der Waals surface area contributed by atoms with E-state index in [1.54, 1.807) is 17.5 Å². The number of aromatic amines is 1. The molecule has 1 amide bonds. The second kappa shape index (κ2) is 4.85. The molecule has 3 rings (SSSR count). The zero-order valence-electron chi connectivity index (χ0n) is 10.4. The summed E-state index contributed by atoms with van der Waals surface area (Å²) < 4.78 is 1.92. The molecule has 0 saturated heterocycles. The van der Waals surface area contributed by atoms with Crippen molar-refractivity contribution in [3.63, 3.8) is 0 Å². The molecule has 0 aromatic carbocycles. The van der Waals surface area contributed by atoms with Gasteiger partial charge in [0.1, 0.15) is 0 Å². The van der Waals surface area contributed by atoms with Crippen LogP contribution in [0.15, 0.2) is 24.0 Å². The summed E-state index contributed by atoms with van der Waals surface area (Å²) in [6, 6.07) is 0. The summed E-state index contributed by atoms with van der Waals surface area (Å²) in [4.78, 5) is 17.1. The molecule has 0 aliphatic carbocycles. The van der Waals surface area contributed by atoms with Crippen molar-refractivity contribution < 1.29 is 4.79 Å². The van der Waals surface area contributed by atoms with Crippen LogP contribution in [0.1, 0.15) is 17.0 Å². The molecule has 0 bridgehead atoms. The Bertz CT molecular complexity index is 682. The number of hydrogen-bond donors (Lipinski definition) is 2. The molecule has 0 radical (unpaired) electrons. The van der Waals surface area contributed by atoms with Crippen LogP contribution in [0.5, 0.6) is 0 Å². The zero-order valence-corrected chi connectivity index (χ0v) is 11.2. The maximum atomic E-state index is 11.8. The first kappa shape index (κ1) is 11.9. The van der Waals surface area contributed by atoms with Crippen molar-refractivity contribution >= 4 is 22.2 Å². The number of H-pyrrole nitrogens is 1. The highest BCUT2D eigenvalue weighted by atomic mass is 32.1. The van der Waals surface area contributed by atoms with Crippen LogP contribution in [-0.4, -0.2) is 25.5 Å². The molecule has 0 spiro atoms. The maximum Gasteiger partial charge on any atom is 0.226 e. The molecule has 0 unspecified atom stereocenters. The predicted octanol–water partition coefficient (Wildman–Crippen LogP) is 1.29. The van der Waals surface area contributed by atoms with Gasteiger partial charge in [0.15, 0.2) is 4.96 Å². The van der Waals surface area contributed by atoms with Crippen LogP contribution in [0.25, 0.3) is 4.96 Å². The fourth-order valence-corrected chi connectivity index (χ4v) is 2.55. The molecule has 6 nitrogen and oxygen atoms in total. The van der Waals surface area contributed by atoms with Crippen molar-refractivity contribution in [2.75, 3.05) is 0 Å². The van der Waals surface area contributed by atoms with Crippen molar-refractivity contribution in [1.29, 1.82) is 0 Å². The average Bonchev–Trinajstić information content (AvgIpc) is 3.02. The van der Waals surface area contributed by atoms with Gasteiger partial charge in [-0.1, -0.05) is 0 Å². The molecule has 3 heterocycles. The van der Waals surface area contributed by atoms with Gasteiger partial charge in [0.2, 0.25) is 5.91 Å². The number of carbonyl (C=O) groups is 1. The lowest BCUT2D eigenvalue weighted by Gasteiger charge is -2.02. The summed E-state index contributed by atoms with van der Waals surface area (Å²) in [6.07, 6.45) is 5.84. The molecular formula is C12H13N5OS. The standard InChI is InChI=1S/C12H13N5OS/c1-8-9(6-14-16-8)5-13-11(18)4-10-7-17-2-3-19-12(17)15-10/h2-3,6-7H,4-5H2,1H3,(H,13,18)(H,14,16). The van der Waals surface area contributed by atoms with Crippen LogP contribution in [0.2, 0.25) is 0 Å². The first-order chi connectivity index (χ1) is 9.22. The van der Waals surface area contributed by atoms with E-state index in [1.165, 1.54) is 0 Å². The van der Waals surface area contributed by atoms with E-state index in [-0.39, 0.29) is 5.91 Å². The van der Waals surface area contributed by atoms with E-state index in [2.05, 4.69) is 20.5 Å². The summed E-state index contributed by atoms with van der Waals surface area (Å²) >= 11 is 1.56. The van der Waals surface area contributed by atoms with Gasteiger partial charge in [-0.3, -0.25) is 14.3 Å². The number of amides is 1. The topological polar surface area (TPSA) is 75.1 Å². The summed E-state index contributed by atoms with van der Waals surface area (Å²) in [5.74, 6) is -0.0358.